The van der Waals surface area contributed by atoms with Crippen molar-refractivity contribution >= 4 is 21.6 Å². The lowest BCUT2D eigenvalue weighted by Gasteiger charge is -2.09. The molecule has 3 aromatic rings. The van der Waals surface area contributed by atoms with E-state index in [0.717, 1.165) is 0 Å². The van der Waals surface area contributed by atoms with Crippen LogP contribution in [0.2, 0.25) is 0 Å². The van der Waals surface area contributed by atoms with Crippen LogP contribution in [0.15, 0.2) is 60.7 Å². The number of aromatic amines is 1. The molecule has 0 unspecified atom stereocenters. The molecule has 8 nitrogen and oxygen atoms in total. The summed E-state index contributed by atoms with van der Waals surface area (Å²) in [5.41, 5.74) is 3.73. The summed E-state index contributed by atoms with van der Waals surface area (Å²) >= 11 is 0. The van der Waals surface area contributed by atoms with Crippen LogP contribution in [-0.2, 0) is 15.8 Å². The van der Waals surface area contributed by atoms with E-state index in [9.17, 15) is 13.2 Å². The van der Waals surface area contributed by atoms with Crippen molar-refractivity contribution in [2.24, 2.45) is 0 Å². The van der Waals surface area contributed by atoms with E-state index in [2.05, 4.69) is 14.9 Å². The van der Waals surface area contributed by atoms with Crippen LogP contribution in [0.4, 0.5) is 5.69 Å². The minimum atomic E-state index is -3.57. The molecule has 0 atom stereocenters. The lowest BCUT2D eigenvalue weighted by Crippen LogP contribution is -2.18. The summed E-state index contributed by atoms with van der Waals surface area (Å²) in [5.74, 6) is -0.879. The van der Waals surface area contributed by atoms with Crippen LogP contribution < -0.4 is 10.2 Å². The number of hydrogen-bond donors (Lipinski definition) is 4. The Bertz CT molecular complexity index is 1020. The van der Waals surface area contributed by atoms with Crippen molar-refractivity contribution in [3.05, 3.63) is 71.9 Å². The summed E-state index contributed by atoms with van der Waals surface area (Å²) < 4.78 is 27.2. The van der Waals surface area contributed by atoms with Crippen molar-refractivity contribution in [1.29, 1.82) is 0 Å². The molecule has 4 N–H and O–H groups in total. The fourth-order valence-electron chi connectivity index (χ4n) is 2.40. The molecule has 0 bridgehead atoms. The molecular weight excluding hydrogens is 356 g/mol. The molecule has 1 amide bonds. The Hall–Kier alpha value is -3.17. The zero-order valence-electron chi connectivity index (χ0n) is 13.5. The van der Waals surface area contributed by atoms with E-state index in [0.29, 0.717) is 22.5 Å². The van der Waals surface area contributed by atoms with Gasteiger partial charge in [-0.05, 0) is 23.8 Å². The molecule has 0 fully saturated rings. The zero-order chi connectivity index (χ0) is 18.6. The molecule has 26 heavy (non-hydrogen) atoms. The number of hydrogen-bond acceptors (Lipinski definition) is 5. The lowest BCUT2D eigenvalue weighted by molar-refractivity contribution is 0.0700. The number of nitrogens with one attached hydrogen (secondary N) is 3. The molecule has 0 saturated heterocycles. The molecule has 3 rings (SSSR count). The largest absolute Gasteiger partial charge is 0.295 e. The van der Waals surface area contributed by atoms with Crippen LogP contribution in [0.5, 0.6) is 0 Å². The second kappa shape index (κ2) is 7.38. The summed E-state index contributed by atoms with van der Waals surface area (Å²) in [5, 5.41) is 15.1. The number of carbonyl (C=O) groups excluding carboxylic acids is 1. The van der Waals surface area contributed by atoms with Gasteiger partial charge in [-0.2, -0.15) is 5.10 Å². The summed E-state index contributed by atoms with van der Waals surface area (Å²) in [7, 11) is -3.57. The second-order valence-corrected chi connectivity index (χ2v) is 7.26. The quantitative estimate of drug-likeness (QED) is 0.390. The maximum atomic E-state index is 12.3. The van der Waals surface area contributed by atoms with E-state index in [4.69, 9.17) is 5.21 Å². The average molecular weight is 372 g/mol. The standard InChI is InChI=1S/C17H16N4O4S/c22-17(20-23)16-10-15(18-19-16)13-7-4-8-14(9-13)21-26(24,25)11-12-5-2-1-3-6-12/h1-10,21,23H,11H2,(H,18,19)(H,20,22). The van der Waals surface area contributed by atoms with Crippen molar-refractivity contribution in [1.82, 2.24) is 15.7 Å². The third-order valence-electron chi connectivity index (χ3n) is 3.56. The number of aromatic nitrogens is 2. The monoisotopic (exact) mass is 372 g/mol. The lowest BCUT2D eigenvalue weighted by atomic mass is 10.1. The Kier molecular flexibility index (Phi) is 5.01. The van der Waals surface area contributed by atoms with E-state index in [1.54, 1.807) is 48.5 Å². The Balaban J connectivity index is 1.79. The molecule has 9 heteroatoms. The SMILES string of the molecule is O=C(NO)c1cc(-c2cccc(NS(=O)(=O)Cc3ccccc3)c2)[nH]n1. The van der Waals surface area contributed by atoms with Gasteiger partial charge in [-0.1, -0.05) is 42.5 Å². The van der Waals surface area contributed by atoms with E-state index in [1.807, 2.05) is 6.07 Å². The first kappa shape index (κ1) is 17.6. The molecule has 0 aliphatic heterocycles. The Morgan fingerprint density at radius 2 is 1.85 bits per heavy atom. The van der Waals surface area contributed by atoms with E-state index >= 15 is 0 Å². The van der Waals surface area contributed by atoms with Crippen molar-refractivity contribution in [3.8, 4) is 11.3 Å². The second-order valence-electron chi connectivity index (χ2n) is 5.54. The zero-order valence-corrected chi connectivity index (χ0v) is 14.3. The Morgan fingerprint density at radius 3 is 2.58 bits per heavy atom. The van der Waals surface area contributed by atoms with Crippen LogP contribution in [-0.4, -0.2) is 29.7 Å². The van der Waals surface area contributed by atoms with Crippen LogP contribution in [0.3, 0.4) is 0 Å². The van der Waals surface area contributed by atoms with Crippen molar-refractivity contribution in [3.63, 3.8) is 0 Å². The highest BCUT2D eigenvalue weighted by atomic mass is 32.2. The molecule has 134 valence electrons. The highest BCUT2D eigenvalue weighted by Crippen LogP contribution is 2.22. The fourth-order valence-corrected chi connectivity index (χ4v) is 3.59. The summed E-state index contributed by atoms with van der Waals surface area (Å²) in [6.07, 6.45) is 0. The first-order valence-electron chi connectivity index (χ1n) is 7.61. The van der Waals surface area contributed by atoms with Crippen LogP contribution >= 0.6 is 0 Å². The highest BCUT2D eigenvalue weighted by molar-refractivity contribution is 7.91. The topological polar surface area (TPSA) is 124 Å². The van der Waals surface area contributed by atoms with Gasteiger partial charge in [0.25, 0.3) is 5.91 Å². The minimum Gasteiger partial charge on any atom is -0.288 e. The van der Waals surface area contributed by atoms with Crippen LogP contribution in [0.1, 0.15) is 16.1 Å². The van der Waals surface area contributed by atoms with Crippen LogP contribution in [0.25, 0.3) is 11.3 Å². The first-order valence-corrected chi connectivity index (χ1v) is 9.27. The summed E-state index contributed by atoms with van der Waals surface area (Å²) in [6.45, 7) is 0. The number of rotatable bonds is 6. The number of H-pyrrole nitrogens is 1. The molecule has 0 radical (unpaired) electrons. The van der Waals surface area contributed by atoms with Gasteiger partial charge in [0.2, 0.25) is 10.0 Å². The summed E-state index contributed by atoms with van der Waals surface area (Å²) in [6, 6.07) is 17.0. The van der Waals surface area contributed by atoms with Gasteiger partial charge in [0, 0.05) is 11.3 Å². The van der Waals surface area contributed by atoms with Gasteiger partial charge in [0.15, 0.2) is 5.69 Å². The molecule has 0 aliphatic carbocycles. The minimum absolute atomic E-state index is 0.0116. The molecule has 0 spiro atoms. The number of hydroxylamine groups is 1. The smallest absolute Gasteiger partial charge is 0.288 e. The maximum absolute atomic E-state index is 12.3. The number of sulfonamides is 1. The fraction of sp³-hybridized carbons (Fsp3) is 0.0588. The van der Waals surface area contributed by atoms with Gasteiger partial charge < -0.3 is 0 Å². The third-order valence-corrected chi connectivity index (χ3v) is 4.82. The van der Waals surface area contributed by atoms with Gasteiger partial charge in [-0.15, -0.1) is 0 Å². The molecule has 1 aromatic heterocycles. The van der Waals surface area contributed by atoms with Gasteiger partial charge in [0.1, 0.15) is 0 Å². The first-order chi connectivity index (χ1) is 12.5. The van der Waals surface area contributed by atoms with E-state index < -0.39 is 15.9 Å². The van der Waals surface area contributed by atoms with Gasteiger partial charge in [0.05, 0.1) is 11.4 Å². The number of benzene rings is 2. The van der Waals surface area contributed by atoms with Crippen LogP contribution in [0, 0.1) is 0 Å². The number of nitrogens with zero attached hydrogens (tertiary/aromatic N) is 1. The van der Waals surface area contributed by atoms with Crippen molar-refractivity contribution in [2.75, 3.05) is 4.72 Å². The highest BCUT2D eigenvalue weighted by Gasteiger charge is 2.14. The maximum Gasteiger partial charge on any atom is 0.295 e. The van der Waals surface area contributed by atoms with Gasteiger partial charge in [-0.3, -0.25) is 19.8 Å². The molecule has 0 aliphatic rings. The predicted octanol–water partition coefficient (Wildman–Crippen LogP) is 2.14. The number of anilines is 1. The normalized spacial score (nSPS) is 11.1. The summed E-state index contributed by atoms with van der Waals surface area (Å²) in [4.78, 5) is 11.4. The average Bonchev–Trinajstić information content (AvgIpc) is 3.11. The van der Waals surface area contributed by atoms with E-state index in [-0.39, 0.29) is 11.4 Å². The molecule has 1 heterocycles. The number of amides is 1. The predicted molar refractivity (Wildman–Crippen MR) is 96.0 cm³/mol. The van der Waals surface area contributed by atoms with Gasteiger partial charge in [-0.25, -0.2) is 13.9 Å². The van der Waals surface area contributed by atoms with E-state index in [1.165, 1.54) is 11.5 Å². The van der Waals surface area contributed by atoms with Crippen molar-refractivity contribution < 1.29 is 18.4 Å². The Morgan fingerprint density at radius 1 is 1.08 bits per heavy atom. The van der Waals surface area contributed by atoms with Crippen molar-refractivity contribution in [2.45, 2.75) is 5.75 Å². The molecule has 2 aromatic carbocycles. The molecular formula is C17H16N4O4S. The number of carbonyl (C=O) groups is 1. The van der Waals surface area contributed by atoms with Gasteiger partial charge >= 0.3 is 0 Å². The molecule has 0 saturated carbocycles. The third kappa shape index (κ3) is 4.26. The Labute approximate surface area is 149 Å².